The highest BCUT2D eigenvalue weighted by Gasteiger charge is 2.35. The number of nitrogens with zero attached hydrogens (tertiary/aromatic N) is 1. The largest absolute Gasteiger partial charge is 0.355 e. The number of aryl methyl sites for hydroxylation is 1. The molecule has 1 atom stereocenters. The van der Waals surface area contributed by atoms with Crippen LogP contribution >= 0.6 is 0 Å². The normalized spacial score (nSPS) is 16.5. The number of para-hydroxylation sites is 1. The lowest BCUT2D eigenvalue weighted by Crippen LogP contribution is -2.29. The maximum absolute atomic E-state index is 12.6. The lowest BCUT2D eigenvalue weighted by Gasteiger charge is -2.17. The average Bonchev–Trinajstić information content (AvgIpc) is 3.04. The van der Waals surface area contributed by atoms with Crippen molar-refractivity contribution < 1.29 is 14.4 Å². The van der Waals surface area contributed by atoms with Crippen molar-refractivity contribution in [3.63, 3.8) is 0 Å². The first-order valence-corrected chi connectivity index (χ1v) is 8.48. The van der Waals surface area contributed by atoms with Gasteiger partial charge in [-0.05, 0) is 31.2 Å². The van der Waals surface area contributed by atoms with Crippen LogP contribution < -0.4 is 15.5 Å². The molecule has 1 fully saturated rings. The van der Waals surface area contributed by atoms with E-state index >= 15 is 0 Å². The number of rotatable bonds is 4. The summed E-state index contributed by atoms with van der Waals surface area (Å²) in [4.78, 5) is 38.5. The van der Waals surface area contributed by atoms with E-state index in [0.717, 1.165) is 11.3 Å². The van der Waals surface area contributed by atoms with Crippen LogP contribution in [0.5, 0.6) is 0 Å². The van der Waals surface area contributed by atoms with Crippen LogP contribution in [-0.2, 0) is 9.59 Å². The Labute approximate surface area is 152 Å². The van der Waals surface area contributed by atoms with Crippen molar-refractivity contribution >= 4 is 29.1 Å². The number of nitrogens with one attached hydrogen (secondary N) is 2. The summed E-state index contributed by atoms with van der Waals surface area (Å²) in [5, 5.41) is 5.34. The van der Waals surface area contributed by atoms with Crippen LogP contribution in [-0.4, -0.2) is 31.3 Å². The van der Waals surface area contributed by atoms with Gasteiger partial charge in [0.25, 0.3) is 5.91 Å². The van der Waals surface area contributed by atoms with Crippen molar-refractivity contribution in [1.82, 2.24) is 5.32 Å². The van der Waals surface area contributed by atoms with E-state index in [1.165, 1.54) is 7.05 Å². The van der Waals surface area contributed by atoms with Gasteiger partial charge in [-0.2, -0.15) is 0 Å². The molecule has 0 spiro atoms. The zero-order valence-electron chi connectivity index (χ0n) is 14.8. The molecule has 3 amide bonds. The molecule has 1 aliphatic rings. The van der Waals surface area contributed by atoms with Crippen LogP contribution in [0.15, 0.2) is 48.5 Å². The Morgan fingerprint density at radius 3 is 2.46 bits per heavy atom. The topological polar surface area (TPSA) is 78.5 Å². The maximum atomic E-state index is 12.6. The third-order valence-electron chi connectivity index (χ3n) is 4.50. The van der Waals surface area contributed by atoms with Crippen molar-refractivity contribution in [2.45, 2.75) is 13.3 Å². The smallest absolute Gasteiger partial charge is 0.253 e. The van der Waals surface area contributed by atoms with Gasteiger partial charge in [0.1, 0.15) is 0 Å². The summed E-state index contributed by atoms with van der Waals surface area (Å²) >= 11 is 0. The van der Waals surface area contributed by atoms with E-state index in [1.807, 2.05) is 31.2 Å². The fraction of sp³-hybridized carbons (Fsp3) is 0.250. The zero-order valence-corrected chi connectivity index (χ0v) is 14.8. The predicted octanol–water partition coefficient (Wildman–Crippen LogP) is 2.35. The van der Waals surface area contributed by atoms with Crippen molar-refractivity contribution in [2.24, 2.45) is 5.92 Å². The summed E-state index contributed by atoms with van der Waals surface area (Å²) in [6, 6.07) is 14.5. The summed E-state index contributed by atoms with van der Waals surface area (Å²) in [6.45, 7) is 2.31. The number of benzene rings is 2. The van der Waals surface area contributed by atoms with Crippen LogP contribution in [0.1, 0.15) is 22.3 Å². The lowest BCUT2D eigenvalue weighted by atomic mass is 10.1. The summed E-state index contributed by atoms with van der Waals surface area (Å²) in [5.74, 6) is -1.07. The van der Waals surface area contributed by atoms with Gasteiger partial charge in [-0.3, -0.25) is 14.4 Å². The second kappa shape index (κ2) is 7.39. The van der Waals surface area contributed by atoms with E-state index in [1.54, 1.807) is 29.2 Å². The van der Waals surface area contributed by atoms with Gasteiger partial charge in [0.05, 0.1) is 17.2 Å². The Morgan fingerprint density at radius 2 is 1.77 bits per heavy atom. The van der Waals surface area contributed by atoms with Gasteiger partial charge >= 0.3 is 0 Å². The third kappa shape index (κ3) is 3.59. The van der Waals surface area contributed by atoms with Gasteiger partial charge in [0.2, 0.25) is 11.8 Å². The molecule has 1 heterocycles. The van der Waals surface area contributed by atoms with Crippen molar-refractivity contribution in [2.75, 3.05) is 23.8 Å². The minimum Gasteiger partial charge on any atom is -0.355 e. The van der Waals surface area contributed by atoms with E-state index < -0.39 is 5.92 Å². The molecule has 1 aliphatic heterocycles. The molecule has 0 saturated carbocycles. The highest BCUT2D eigenvalue weighted by molar-refractivity contribution is 6.07. The van der Waals surface area contributed by atoms with Crippen LogP contribution in [0.4, 0.5) is 11.4 Å². The average molecular weight is 351 g/mol. The van der Waals surface area contributed by atoms with Crippen LogP contribution in [0, 0.1) is 12.8 Å². The quantitative estimate of drug-likeness (QED) is 0.887. The fourth-order valence-electron chi connectivity index (χ4n) is 3.02. The summed E-state index contributed by atoms with van der Waals surface area (Å²) in [7, 11) is 1.54. The Bertz CT molecular complexity index is 846. The third-order valence-corrected chi connectivity index (χ3v) is 4.50. The molecule has 6 heteroatoms. The minimum atomic E-state index is -0.457. The highest BCUT2D eigenvalue weighted by atomic mass is 16.2. The molecule has 0 aromatic heterocycles. The molecular formula is C20H21N3O3. The molecule has 134 valence electrons. The van der Waals surface area contributed by atoms with Gasteiger partial charge in [-0.15, -0.1) is 0 Å². The van der Waals surface area contributed by atoms with Crippen LogP contribution in [0.2, 0.25) is 0 Å². The molecule has 1 saturated heterocycles. The molecule has 26 heavy (non-hydrogen) atoms. The number of carbonyl (C=O) groups excluding carboxylic acids is 3. The molecule has 3 rings (SSSR count). The van der Waals surface area contributed by atoms with Gasteiger partial charge in [-0.25, -0.2) is 0 Å². The van der Waals surface area contributed by atoms with Crippen molar-refractivity contribution in [1.29, 1.82) is 0 Å². The zero-order chi connectivity index (χ0) is 18.7. The number of anilines is 2. The second-order valence-electron chi connectivity index (χ2n) is 6.35. The first-order chi connectivity index (χ1) is 12.5. The van der Waals surface area contributed by atoms with E-state index in [-0.39, 0.29) is 24.1 Å². The summed E-state index contributed by atoms with van der Waals surface area (Å²) in [5.41, 5.74) is 2.74. The van der Waals surface area contributed by atoms with E-state index in [0.29, 0.717) is 17.8 Å². The van der Waals surface area contributed by atoms with E-state index in [2.05, 4.69) is 10.6 Å². The molecule has 0 bridgehead atoms. The Kier molecular flexibility index (Phi) is 5.02. The first-order valence-electron chi connectivity index (χ1n) is 8.48. The molecule has 2 N–H and O–H groups in total. The van der Waals surface area contributed by atoms with Gasteiger partial charge in [0.15, 0.2) is 0 Å². The predicted molar refractivity (Wildman–Crippen MR) is 100 cm³/mol. The van der Waals surface area contributed by atoms with Crippen molar-refractivity contribution in [3.8, 4) is 0 Å². The molecule has 2 aromatic rings. The SMILES string of the molecule is CNC(=O)c1ccccc1NC(=O)[C@H]1CC(=O)N(c2ccc(C)cc2)C1. The van der Waals surface area contributed by atoms with Crippen LogP contribution in [0.25, 0.3) is 0 Å². The molecular weight excluding hydrogens is 330 g/mol. The van der Waals surface area contributed by atoms with Gasteiger partial charge in [-0.1, -0.05) is 29.8 Å². The molecule has 0 radical (unpaired) electrons. The summed E-state index contributed by atoms with van der Waals surface area (Å²) < 4.78 is 0. The van der Waals surface area contributed by atoms with Crippen LogP contribution in [0.3, 0.4) is 0 Å². The standard InChI is InChI=1S/C20H21N3O3/c1-13-7-9-15(10-8-13)23-12-14(11-18(23)24)19(25)22-17-6-4-3-5-16(17)20(26)21-2/h3-10,14H,11-12H2,1-2H3,(H,21,26)(H,22,25)/t14-/m0/s1. The minimum absolute atomic E-state index is 0.0754. The van der Waals surface area contributed by atoms with Crippen molar-refractivity contribution in [3.05, 3.63) is 59.7 Å². The maximum Gasteiger partial charge on any atom is 0.253 e. The Morgan fingerprint density at radius 1 is 1.08 bits per heavy atom. The first kappa shape index (κ1) is 17.7. The molecule has 2 aromatic carbocycles. The second-order valence-corrected chi connectivity index (χ2v) is 6.35. The lowest BCUT2D eigenvalue weighted by molar-refractivity contribution is -0.122. The van der Waals surface area contributed by atoms with Gasteiger partial charge < -0.3 is 15.5 Å². The van der Waals surface area contributed by atoms with E-state index in [9.17, 15) is 14.4 Å². The highest BCUT2D eigenvalue weighted by Crippen LogP contribution is 2.26. The Hall–Kier alpha value is -3.15. The number of carbonyl (C=O) groups is 3. The number of amides is 3. The number of hydrogen-bond donors (Lipinski definition) is 2. The fourth-order valence-corrected chi connectivity index (χ4v) is 3.02. The molecule has 6 nitrogen and oxygen atoms in total. The van der Waals surface area contributed by atoms with E-state index in [4.69, 9.17) is 0 Å². The Balaban J connectivity index is 1.73. The monoisotopic (exact) mass is 351 g/mol. The molecule has 0 aliphatic carbocycles. The number of hydrogen-bond acceptors (Lipinski definition) is 3. The molecule has 0 unspecified atom stereocenters. The summed E-state index contributed by atoms with van der Waals surface area (Å²) in [6.07, 6.45) is 0.155. The van der Waals surface area contributed by atoms with Gasteiger partial charge in [0, 0.05) is 25.7 Å².